The molecule has 0 aliphatic rings. The van der Waals surface area contributed by atoms with Crippen molar-refractivity contribution in [2.75, 3.05) is 0 Å². The lowest BCUT2D eigenvalue weighted by Crippen LogP contribution is -2.16. The first-order chi connectivity index (χ1) is 65.5. The fraction of sp³-hybridized carbons (Fsp3) is 0.433. The highest BCUT2D eigenvalue weighted by molar-refractivity contribution is 7.07. The second-order valence-electron chi connectivity index (χ2n) is 33.5. The van der Waals surface area contributed by atoms with Crippen LogP contribution in [0.3, 0.4) is 0 Å². The molecule has 15 rings (SSSR count). The van der Waals surface area contributed by atoms with Crippen molar-refractivity contribution in [1.82, 2.24) is 76.8 Å². The number of unbranched alkanes of at least 4 members (excludes halogenated alkanes) is 12. The predicted molar refractivity (Wildman–Crippen MR) is 534 cm³/mol. The Hall–Kier alpha value is -9.27. The molecule has 732 valence electrons. The van der Waals surface area contributed by atoms with E-state index in [1.807, 2.05) is 78.7 Å². The first-order valence-corrected chi connectivity index (χ1v) is 48.0. The Morgan fingerprint density at radius 2 is 0.657 bits per heavy atom. The molecule has 0 amide bonds. The molecular formula is C90H118B7Cl3F6N16O14S. The van der Waals surface area contributed by atoms with Crippen molar-refractivity contribution < 1.29 is 96.7 Å². The average Bonchev–Trinajstić information content (AvgIpc) is 1.61. The minimum Gasteiger partial charge on any atom is -0.427 e. The summed E-state index contributed by atoms with van der Waals surface area (Å²) in [6.45, 7) is 13.1. The lowest BCUT2D eigenvalue weighted by Gasteiger charge is -2.11. The quantitative estimate of drug-likeness (QED) is 0.00732. The molecule has 0 saturated carbocycles. The fourth-order valence-electron chi connectivity index (χ4n) is 15.3. The van der Waals surface area contributed by atoms with Crippen molar-refractivity contribution in [3.05, 3.63) is 207 Å². The summed E-state index contributed by atoms with van der Waals surface area (Å²) in [6.07, 6.45) is 19.8. The van der Waals surface area contributed by atoms with Crippen molar-refractivity contribution in [3.8, 4) is 11.5 Å². The molecule has 47 heteroatoms. The predicted octanol–water partition coefficient (Wildman–Crippen LogP) is 16.7. The van der Waals surface area contributed by atoms with Crippen LogP contribution in [0.5, 0.6) is 0 Å². The van der Waals surface area contributed by atoms with E-state index in [0.29, 0.717) is 74.7 Å². The third-order valence-corrected chi connectivity index (χ3v) is 24.6. The summed E-state index contributed by atoms with van der Waals surface area (Å²) in [4.78, 5) is 37.8. The number of hydrogen-bond donors (Lipinski definition) is 14. The molecule has 9 aromatic heterocycles. The number of halogens is 9. The summed E-state index contributed by atoms with van der Waals surface area (Å²) in [7, 11) is -8.72. The van der Waals surface area contributed by atoms with E-state index >= 15 is 0 Å². The standard InChI is InChI=1S/C15H18BN3O2S.C14H21BN2O2.C13H16BF3N2O2.C13H19BN2O2.C12H11BCl3F3N2O2.C12H17BN2O2.C11H16BN3O2/c20-16(21)8-4-1-5-9-19-14-7-3-2-6-12(14)18-15(19)13-10-22-11-17-13;1-11-8-13-14(9-12(11)2)17(10-16-13)7-5-3-4-6-15(18)19;15-13(16,17)12-18-10-6-2-3-7-11(10)19(12)9-5-1-4-8-14(20)21;1-10-7-12-13(8-11(10)2)16(9-15-12)6-4-3-5-14(17)18;14-6-5-7-10(9(16)8(6)15)20-11(12(17,18)19)21(7)4-2-1-3-13(22)23;16-13(17)8-4-1-5-9-15-10-14-11-6-2-3-7-12(11)15;16-12(17)5-2-1-3-7-15-9-14-10-8-13-6-4-11(10)15/h2-3,6-7,10-11,20-21H,1,4-5,8-9H2;8-10,18-19H,3-7H2,1-2H3;2-3,6-7,20-21H,1,4-5,8-9H2;7-9,17-18H,3-6H2,1-2H3;5,22-23H,1-4H2;2-3,6-7,10,16-17H,1,4-5,8-9H2;4,6,8-9,16-17H,1-3,5,7H2. The Morgan fingerprint density at radius 1 is 0.321 bits per heavy atom. The van der Waals surface area contributed by atoms with Gasteiger partial charge in [-0.3, -0.25) is 4.98 Å². The third kappa shape index (κ3) is 35.5. The lowest BCUT2D eigenvalue weighted by molar-refractivity contribution is -0.147. The Kier molecular flexibility index (Phi) is 45.7. The first kappa shape index (κ1) is 111. The molecule has 0 unspecified atom stereocenters. The zero-order valence-electron chi connectivity index (χ0n) is 77.1. The minimum absolute atomic E-state index is 0.0215. The van der Waals surface area contributed by atoms with E-state index in [9.17, 15) is 26.3 Å². The average molecular weight is 1980 g/mol. The highest BCUT2D eigenvalue weighted by Crippen LogP contribution is 2.41. The second kappa shape index (κ2) is 56.2. The van der Waals surface area contributed by atoms with E-state index in [0.717, 1.165) is 188 Å². The van der Waals surface area contributed by atoms with E-state index in [2.05, 4.69) is 127 Å². The van der Waals surface area contributed by atoms with Gasteiger partial charge in [0, 0.05) is 57.4 Å². The van der Waals surface area contributed by atoms with E-state index in [4.69, 9.17) is 110 Å². The van der Waals surface area contributed by atoms with E-state index in [1.54, 1.807) is 48.0 Å². The van der Waals surface area contributed by atoms with Gasteiger partial charge in [-0.2, -0.15) is 26.3 Å². The lowest BCUT2D eigenvalue weighted by atomic mass is 9.83. The molecule has 0 radical (unpaired) electrons. The van der Waals surface area contributed by atoms with E-state index < -0.39 is 73.8 Å². The summed E-state index contributed by atoms with van der Waals surface area (Å²) >= 11 is 19.2. The minimum atomic E-state index is -4.67. The van der Waals surface area contributed by atoms with E-state index in [-0.39, 0.29) is 51.8 Å². The molecule has 0 atom stereocenters. The van der Waals surface area contributed by atoms with E-state index in [1.165, 1.54) is 38.4 Å². The number of benzene rings is 6. The van der Waals surface area contributed by atoms with Crippen LogP contribution in [0.2, 0.25) is 59.3 Å². The van der Waals surface area contributed by atoms with Gasteiger partial charge in [-0.1, -0.05) is 148 Å². The molecule has 0 spiro atoms. The largest absolute Gasteiger partial charge is 0.451 e. The van der Waals surface area contributed by atoms with Crippen LogP contribution in [0.25, 0.3) is 88.8 Å². The summed E-state index contributed by atoms with van der Waals surface area (Å²) in [5, 5.41) is 125. The number of imidazole rings is 7. The van der Waals surface area contributed by atoms with Crippen LogP contribution in [0.15, 0.2) is 158 Å². The molecule has 14 N–H and O–H groups in total. The maximum atomic E-state index is 13.2. The Bertz CT molecular complexity index is 6050. The van der Waals surface area contributed by atoms with Crippen LogP contribution in [0.4, 0.5) is 26.3 Å². The molecule has 0 bridgehead atoms. The Morgan fingerprint density at radius 3 is 1.09 bits per heavy atom. The molecule has 30 nitrogen and oxygen atoms in total. The van der Waals surface area contributed by atoms with Crippen molar-refractivity contribution in [3.63, 3.8) is 0 Å². The molecule has 6 aromatic carbocycles. The van der Waals surface area contributed by atoms with Crippen LogP contribution in [0, 0.1) is 27.7 Å². The van der Waals surface area contributed by atoms with Crippen LogP contribution in [0.1, 0.15) is 156 Å². The number of pyridine rings is 1. The summed E-state index contributed by atoms with van der Waals surface area (Å²) in [6, 6.07) is 34.5. The van der Waals surface area contributed by atoms with Crippen LogP contribution in [-0.2, 0) is 58.2 Å². The third-order valence-electron chi connectivity index (χ3n) is 22.8. The SMILES string of the molecule is Cc1cc2ncn(CCCCB(O)O)c2cc1C.Cc1cc2ncn(CCCCCB(O)O)c2cc1C.OB(O)CCCCCn1c(-c2cscn2)nc2ccccc21.OB(O)CCCCCn1c(C(F)(F)F)nc2ccccc21.OB(O)CCCCCn1cnc2ccccc21.OB(O)CCCCCn1cnc2cnccc21.OB(O)CCCCn1c(C(F)(F)F)nc2c(Cl)c(Cl)c(Cl)cc21. The van der Waals surface area contributed by atoms with Crippen LogP contribution < -0.4 is 0 Å². The van der Waals surface area contributed by atoms with Crippen molar-refractivity contribution in [2.24, 2.45) is 0 Å². The highest BCUT2D eigenvalue weighted by atomic mass is 35.5. The number of rotatable bonds is 41. The van der Waals surface area contributed by atoms with Crippen LogP contribution in [-0.4, -0.2) is 197 Å². The van der Waals surface area contributed by atoms with Gasteiger partial charge in [0.25, 0.3) is 0 Å². The number of fused-ring (bicyclic) bond motifs is 7. The number of aromatic nitrogens is 16. The zero-order chi connectivity index (χ0) is 99.3. The Balaban J connectivity index is 0.000000180. The number of aryl methyl sites for hydroxylation is 11. The first-order valence-electron chi connectivity index (χ1n) is 46.0. The Labute approximate surface area is 812 Å². The molecule has 15 aromatic rings. The van der Waals surface area contributed by atoms with Crippen molar-refractivity contribution in [2.45, 2.75) is 252 Å². The maximum Gasteiger partial charge on any atom is 0.451 e. The molecule has 0 aliphatic heterocycles. The summed E-state index contributed by atoms with van der Waals surface area (Å²) in [5.41, 5.74) is 19.4. The molecule has 0 aliphatic carbocycles. The highest BCUT2D eigenvalue weighted by Gasteiger charge is 2.39. The van der Waals surface area contributed by atoms with Gasteiger partial charge in [-0.15, -0.1) is 11.3 Å². The van der Waals surface area contributed by atoms with Gasteiger partial charge in [-0.25, -0.2) is 39.9 Å². The van der Waals surface area contributed by atoms with Gasteiger partial charge in [0.2, 0.25) is 11.6 Å². The summed E-state index contributed by atoms with van der Waals surface area (Å²) in [5.74, 6) is -1.08. The molecule has 0 saturated heterocycles. The van der Waals surface area contributed by atoms with Gasteiger partial charge in [0.05, 0.1) is 118 Å². The van der Waals surface area contributed by atoms with Gasteiger partial charge < -0.3 is 102 Å². The maximum absolute atomic E-state index is 13.2. The van der Waals surface area contributed by atoms with Gasteiger partial charge in [0.1, 0.15) is 16.7 Å². The monoisotopic (exact) mass is 1970 g/mol. The second-order valence-corrected chi connectivity index (χ2v) is 35.4. The van der Waals surface area contributed by atoms with Crippen molar-refractivity contribution >= 4 is 173 Å². The van der Waals surface area contributed by atoms with Gasteiger partial charge in [0.15, 0.2) is 5.82 Å². The normalized spacial score (nSPS) is 11.4. The van der Waals surface area contributed by atoms with Gasteiger partial charge in [-0.05, 0) is 212 Å². The van der Waals surface area contributed by atoms with Gasteiger partial charge >= 0.3 is 62.2 Å². The van der Waals surface area contributed by atoms with Crippen LogP contribution >= 0.6 is 46.1 Å². The summed E-state index contributed by atoms with van der Waals surface area (Å²) < 4.78 is 91.5. The number of thiazole rings is 1. The number of hydrogen-bond acceptors (Lipinski definition) is 24. The molecule has 0 fully saturated rings. The molecule has 137 heavy (non-hydrogen) atoms. The van der Waals surface area contributed by atoms with Crippen molar-refractivity contribution in [1.29, 1.82) is 0 Å². The number of alkyl halides is 6. The zero-order valence-corrected chi connectivity index (χ0v) is 80.2. The topological polar surface area (TPSA) is 434 Å². The fourth-order valence-corrected chi connectivity index (χ4v) is 16.5. The number of nitrogens with zero attached hydrogens (tertiary/aromatic N) is 16. The molecule has 9 heterocycles. The smallest absolute Gasteiger partial charge is 0.427 e. The number of para-hydroxylation sites is 6. The molecular weight excluding hydrogens is 1860 g/mol.